The number of hydrogen-bond acceptors (Lipinski definition) is 6. The fraction of sp³-hybridized carbons (Fsp3) is 0.357. The van der Waals surface area contributed by atoms with Gasteiger partial charge in [0.25, 0.3) is 0 Å². The van der Waals surface area contributed by atoms with Crippen molar-refractivity contribution in [2.24, 2.45) is 0 Å². The van der Waals surface area contributed by atoms with E-state index in [1.54, 1.807) is 25.1 Å². The van der Waals surface area contributed by atoms with Crippen molar-refractivity contribution in [2.75, 3.05) is 23.8 Å². The number of rotatable bonds is 6. The Labute approximate surface area is 127 Å². The number of carbonyl (C=O) groups excluding carboxylic acids is 1. The number of hydrogen-bond donors (Lipinski definition) is 1. The molecular weight excluding hydrogens is 310 g/mol. The zero-order chi connectivity index (χ0) is 15.5. The first-order valence-corrected chi connectivity index (χ1v) is 9.21. The third kappa shape index (κ3) is 4.18. The number of anilines is 1. The summed E-state index contributed by atoms with van der Waals surface area (Å²) in [5.41, 5.74) is 6.34. The molecule has 2 aromatic rings. The van der Waals surface area contributed by atoms with Gasteiger partial charge >= 0.3 is 5.97 Å². The molecule has 0 atom stereocenters. The molecule has 114 valence electrons. The van der Waals surface area contributed by atoms with Gasteiger partial charge in [-0.15, -0.1) is 11.3 Å². The predicted molar refractivity (Wildman–Crippen MR) is 85.5 cm³/mol. The number of benzene rings is 1. The van der Waals surface area contributed by atoms with E-state index in [-0.39, 0.29) is 18.1 Å². The number of carbonyl (C=O) groups is 1. The van der Waals surface area contributed by atoms with Crippen molar-refractivity contribution in [1.82, 2.24) is 0 Å². The Morgan fingerprint density at radius 1 is 1.33 bits per heavy atom. The van der Waals surface area contributed by atoms with Crippen LogP contribution in [-0.2, 0) is 14.6 Å². The van der Waals surface area contributed by atoms with Crippen molar-refractivity contribution in [3.63, 3.8) is 0 Å². The molecule has 2 rings (SSSR count). The molecule has 21 heavy (non-hydrogen) atoms. The molecule has 0 aliphatic heterocycles. The molecule has 0 aliphatic carbocycles. The first-order chi connectivity index (χ1) is 9.91. The van der Waals surface area contributed by atoms with Gasteiger partial charge in [0.1, 0.15) is 14.7 Å². The maximum absolute atomic E-state index is 11.9. The van der Waals surface area contributed by atoms with Crippen LogP contribution in [0.3, 0.4) is 0 Å². The van der Waals surface area contributed by atoms with Gasteiger partial charge in [0, 0.05) is 16.1 Å². The van der Waals surface area contributed by atoms with Crippen molar-refractivity contribution < 1.29 is 17.9 Å². The summed E-state index contributed by atoms with van der Waals surface area (Å²) in [5.74, 6) is -0.276. The van der Waals surface area contributed by atoms with Gasteiger partial charge < -0.3 is 10.5 Å². The van der Waals surface area contributed by atoms with Gasteiger partial charge in [0.05, 0.1) is 12.4 Å². The van der Waals surface area contributed by atoms with Crippen LogP contribution in [0, 0.1) is 0 Å². The summed E-state index contributed by atoms with van der Waals surface area (Å²) in [6.45, 7) is 1.71. The molecule has 0 amide bonds. The van der Waals surface area contributed by atoms with Crippen LogP contribution in [0.5, 0.6) is 0 Å². The summed E-state index contributed by atoms with van der Waals surface area (Å²) in [6.07, 6.45) is 0.319. The van der Waals surface area contributed by atoms with Gasteiger partial charge in [-0.1, -0.05) is 6.92 Å². The summed E-state index contributed by atoms with van der Waals surface area (Å²) >= 11 is 1.33. The number of nitrogen functional groups attached to an aromatic ring is 1. The van der Waals surface area contributed by atoms with Crippen LogP contribution in [0.15, 0.2) is 24.3 Å². The van der Waals surface area contributed by atoms with Crippen LogP contribution in [0.4, 0.5) is 5.69 Å². The Bertz CT molecular complexity index is 749. The summed E-state index contributed by atoms with van der Waals surface area (Å²) in [5, 5.41) is 0.903. The third-order valence-corrected chi connectivity index (χ3v) is 5.90. The van der Waals surface area contributed by atoms with Crippen LogP contribution < -0.4 is 5.73 Å². The number of esters is 1. The Kier molecular flexibility index (Phi) is 4.84. The van der Waals surface area contributed by atoms with Crippen molar-refractivity contribution in [3.05, 3.63) is 29.1 Å². The molecule has 1 heterocycles. The van der Waals surface area contributed by atoms with Crippen molar-refractivity contribution in [2.45, 2.75) is 13.3 Å². The minimum atomic E-state index is -3.01. The smallest absolute Gasteiger partial charge is 0.348 e. The number of fused-ring (bicyclic) bond motifs is 1. The maximum Gasteiger partial charge on any atom is 0.348 e. The van der Waals surface area contributed by atoms with Gasteiger partial charge in [0.15, 0.2) is 0 Å². The Morgan fingerprint density at radius 2 is 2.10 bits per heavy atom. The van der Waals surface area contributed by atoms with Gasteiger partial charge in [0.2, 0.25) is 0 Å². The molecule has 5 nitrogen and oxygen atoms in total. The highest BCUT2D eigenvalue weighted by Crippen LogP contribution is 2.27. The molecule has 1 aromatic heterocycles. The fourth-order valence-electron chi connectivity index (χ4n) is 1.82. The Morgan fingerprint density at radius 3 is 2.81 bits per heavy atom. The molecule has 7 heteroatoms. The van der Waals surface area contributed by atoms with Crippen LogP contribution in [-0.4, -0.2) is 32.5 Å². The molecule has 0 unspecified atom stereocenters. The van der Waals surface area contributed by atoms with Crippen LogP contribution >= 0.6 is 11.3 Å². The van der Waals surface area contributed by atoms with Gasteiger partial charge in [-0.2, -0.15) is 0 Å². The topological polar surface area (TPSA) is 86.5 Å². The van der Waals surface area contributed by atoms with E-state index in [0.29, 0.717) is 17.0 Å². The Hall–Kier alpha value is -1.60. The lowest BCUT2D eigenvalue weighted by molar-refractivity contribution is 0.0511. The molecule has 1 aromatic carbocycles. The van der Waals surface area contributed by atoms with Gasteiger partial charge in [-0.25, -0.2) is 13.2 Å². The van der Waals surface area contributed by atoms with Gasteiger partial charge in [-0.3, -0.25) is 0 Å². The number of sulfone groups is 1. The summed E-state index contributed by atoms with van der Waals surface area (Å²) in [4.78, 5) is 12.4. The van der Waals surface area contributed by atoms with Crippen molar-refractivity contribution in [3.8, 4) is 0 Å². The van der Waals surface area contributed by atoms with E-state index in [4.69, 9.17) is 10.5 Å². The molecule has 2 N–H and O–H groups in total. The standard InChI is InChI=1S/C14H17NO4S2/c1-2-21(17,18)7-3-6-19-14(16)13-9-10-8-11(15)4-5-12(10)20-13/h4-5,8-9H,2-3,6-7,15H2,1H3. The average molecular weight is 327 g/mol. The molecule has 0 bridgehead atoms. The second-order valence-electron chi connectivity index (χ2n) is 4.63. The summed E-state index contributed by atoms with van der Waals surface area (Å²) in [6, 6.07) is 7.18. The third-order valence-electron chi connectivity index (χ3n) is 3.01. The lowest BCUT2D eigenvalue weighted by Crippen LogP contribution is -2.12. The molecule has 0 saturated carbocycles. The minimum absolute atomic E-state index is 0.0414. The minimum Gasteiger partial charge on any atom is -0.461 e. The van der Waals surface area contributed by atoms with Crippen molar-refractivity contribution >= 4 is 42.9 Å². The highest BCUT2D eigenvalue weighted by molar-refractivity contribution is 7.91. The lowest BCUT2D eigenvalue weighted by Gasteiger charge is -2.03. The zero-order valence-corrected chi connectivity index (χ0v) is 13.3. The lowest BCUT2D eigenvalue weighted by atomic mass is 10.2. The van der Waals surface area contributed by atoms with E-state index < -0.39 is 15.8 Å². The molecule has 0 aliphatic rings. The largest absolute Gasteiger partial charge is 0.461 e. The molecule has 0 fully saturated rings. The predicted octanol–water partition coefficient (Wildman–Crippen LogP) is 2.47. The second-order valence-corrected chi connectivity index (χ2v) is 8.19. The highest BCUT2D eigenvalue weighted by atomic mass is 32.2. The average Bonchev–Trinajstić information content (AvgIpc) is 2.86. The number of ether oxygens (including phenoxy) is 1. The SMILES string of the molecule is CCS(=O)(=O)CCCOC(=O)c1cc2cc(N)ccc2s1. The first-order valence-electron chi connectivity index (χ1n) is 6.58. The van der Waals surface area contributed by atoms with E-state index in [2.05, 4.69) is 0 Å². The highest BCUT2D eigenvalue weighted by Gasteiger charge is 2.13. The quantitative estimate of drug-likeness (QED) is 0.500. The molecule has 0 saturated heterocycles. The van der Waals surface area contributed by atoms with E-state index in [9.17, 15) is 13.2 Å². The summed E-state index contributed by atoms with van der Waals surface area (Å²) < 4.78 is 28.7. The van der Waals surface area contributed by atoms with Gasteiger partial charge in [-0.05, 0) is 36.1 Å². The summed E-state index contributed by atoms with van der Waals surface area (Å²) in [7, 11) is -3.01. The fourth-order valence-corrected chi connectivity index (χ4v) is 3.60. The molecule has 0 radical (unpaired) electrons. The normalized spacial score (nSPS) is 11.7. The first kappa shape index (κ1) is 15.8. The van der Waals surface area contributed by atoms with Crippen LogP contribution in [0.2, 0.25) is 0 Å². The van der Waals surface area contributed by atoms with Crippen molar-refractivity contribution in [1.29, 1.82) is 0 Å². The van der Waals surface area contributed by atoms with E-state index in [0.717, 1.165) is 10.1 Å². The van der Waals surface area contributed by atoms with E-state index in [1.807, 2.05) is 6.07 Å². The molecule has 0 spiro atoms. The number of thiophene rings is 1. The number of nitrogens with two attached hydrogens (primary N) is 1. The monoisotopic (exact) mass is 327 g/mol. The van der Waals surface area contributed by atoms with E-state index in [1.165, 1.54) is 11.3 Å². The maximum atomic E-state index is 11.9. The van der Waals surface area contributed by atoms with Crippen LogP contribution in [0.25, 0.3) is 10.1 Å². The molecular formula is C14H17NO4S2. The van der Waals surface area contributed by atoms with Crippen LogP contribution in [0.1, 0.15) is 23.0 Å². The zero-order valence-electron chi connectivity index (χ0n) is 11.7. The second kappa shape index (κ2) is 6.44. The Balaban J connectivity index is 1.93. The van der Waals surface area contributed by atoms with E-state index >= 15 is 0 Å².